The molecule has 0 saturated carbocycles. The van der Waals surface area contributed by atoms with Gasteiger partial charge in [0.2, 0.25) is 0 Å². The van der Waals surface area contributed by atoms with Crippen LogP contribution in [-0.2, 0) is 0 Å². The van der Waals surface area contributed by atoms with Crippen LogP contribution < -0.4 is 4.74 Å². The third-order valence-corrected chi connectivity index (χ3v) is 2.84. The van der Waals surface area contributed by atoms with Gasteiger partial charge in [-0.3, -0.25) is 9.78 Å². The number of hydrogen-bond acceptors (Lipinski definition) is 4. The van der Waals surface area contributed by atoms with Crippen LogP contribution in [0.5, 0.6) is 5.75 Å². The molecule has 1 amide bonds. The van der Waals surface area contributed by atoms with E-state index in [9.17, 15) is 9.18 Å². The zero-order chi connectivity index (χ0) is 15.2. The van der Waals surface area contributed by atoms with Gasteiger partial charge in [-0.15, -0.1) is 0 Å². The fourth-order valence-electron chi connectivity index (χ4n) is 1.60. The van der Waals surface area contributed by atoms with Crippen molar-refractivity contribution >= 4 is 17.5 Å². The number of carbonyl (C=O) groups is 1. The summed E-state index contributed by atoms with van der Waals surface area (Å²) in [6.07, 6.45) is 2.70. The SMILES string of the molecule is CN(CCOc1cccc(F)c1)C(=O)c1cncc(Cl)n1. The van der Waals surface area contributed by atoms with E-state index < -0.39 is 0 Å². The first-order valence-electron chi connectivity index (χ1n) is 6.17. The Bertz CT molecular complexity index is 639. The van der Waals surface area contributed by atoms with E-state index in [4.69, 9.17) is 16.3 Å². The van der Waals surface area contributed by atoms with Crippen LogP contribution in [-0.4, -0.2) is 41.0 Å². The zero-order valence-electron chi connectivity index (χ0n) is 11.3. The lowest BCUT2D eigenvalue weighted by atomic mass is 10.3. The van der Waals surface area contributed by atoms with E-state index in [-0.39, 0.29) is 29.2 Å². The smallest absolute Gasteiger partial charge is 0.273 e. The summed E-state index contributed by atoms with van der Waals surface area (Å²) in [5, 5.41) is 0.158. The molecule has 2 aromatic rings. The Morgan fingerprint density at radius 2 is 2.24 bits per heavy atom. The largest absolute Gasteiger partial charge is 0.492 e. The van der Waals surface area contributed by atoms with Crippen molar-refractivity contribution in [2.75, 3.05) is 20.2 Å². The molecule has 5 nitrogen and oxygen atoms in total. The third-order valence-electron chi connectivity index (χ3n) is 2.66. The van der Waals surface area contributed by atoms with Crippen LogP contribution in [0.4, 0.5) is 4.39 Å². The molecule has 1 heterocycles. The molecule has 21 heavy (non-hydrogen) atoms. The minimum absolute atomic E-state index is 0.158. The molecule has 0 unspecified atom stereocenters. The molecule has 0 spiro atoms. The number of likely N-dealkylation sites (N-methyl/N-ethyl adjacent to an activating group) is 1. The van der Waals surface area contributed by atoms with E-state index in [0.717, 1.165) is 0 Å². The molecule has 0 bridgehead atoms. The van der Waals surface area contributed by atoms with Crippen LogP contribution in [0, 0.1) is 5.82 Å². The lowest BCUT2D eigenvalue weighted by Gasteiger charge is -2.16. The van der Waals surface area contributed by atoms with Gasteiger partial charge in [-0.1, -0.05) is 17.7 Å². The Labute approximate surface area is 126 Å². The Morgan fingerprint density at radius 1 is 1.43 bits per heavy atom. The monoisotopic (exact) mass is 309 g/mol. The second-order valence-corrected chi connectivity index (χ2v) is 4.65. The van der Waals surface area contributed by atoms with Gasteiger partial charge in [-0.05, 0) is 12.1 Å². The quantitative estimate of drug-likeness (QED) is 0.851. The average Bonchev–Trinajstić information content (AvgIpc) is 2.46. The van der Waals surface area contributed by atoms with Crippen molar-refractivity contribution in [3.05, 3.63) is 53.3 Å². The molecule has 1 aromatic carbocycles. The van der Waals surface area contributed by atoms with E-state index in [0.29, 0.717) is 12.3 Å². The summed E-state index contributed by atoms with van der Waals surface area (Å²) in [6, 6.07) is 5.82. The number of nitrogens with zero attached hydrogens (tertiary/aromatic N) is 3. The lowest BCUT2D eigenvalue weighted by Crippen LogP contribution is -2.31. The van der Waals surface area contributed by atoms with Crippen LogP contribution >= 0.6 is 11.6 Å². The van der Waals surface area contributed by atoms with Gasteiger partial charge < -0.3 is 9.64 Å². The number of hydrogen-bond donors (Lipinski definition) is 0. The normalized spacial score (nSPS) is 10.2. The predicted octanol–water partition coefficient (Wildman–Crippen LogP) is 2.42. The molecule has 0 aliphatic rings. The van der Waals surface area contributed by atoms with Gasteiger partial charge in [-0.2, -0.15) is 0 Å². The Balaban J connectivity index is 1.87. The number of rotatable bonds is 5. The Morgan fingerprint density at radius 3 is 2.95 bits per heavy atom. The highest BCUT2D eigenvalue weighted by molar-refractivity contribution is 6.29. The molecule has 0 fully saturated rings. The fraction of sp³-hybridized carbons (Fsp3) is 0.214. The van der Waals surface area contributed by atoms with Crippen molar-refractivity contribution in [2.24, 2.45) is 0 Å². The molecule has 0 atom stereocenters. The number of benzene rings is 1. The summed E-state index contributed by atoms with van der Waals surface area (Å²) in [5.74, 6) is -0.266. The maximum Gasteiger partial charge on any atom is 0.273 e. The highest BCUT2D eigenvalue weighted by Gasteiger charge is 2.14. The molecule has 2 rings (SSSR count). The van der Waals surface area contributed by atoms with Gasteiger partial charge in [0.05, 0.1) is 18.9 Å². The fourth-order valence-corrected chi connectivity index (χ4v) is 1.75. The Kier molecular flexibility index (Phi) is 5.05. The molecular weight excluding hydrogens is 297 g/mol. The minimum Gasteiger partial charge on any atom is -0.492 e. The van der Waals surface area contributed by atoms with Crippen LogP contribution in [0.25, 0.3) is 0 Å². The zero-order valence-corrected chi connectivity index (χ0v) is 12.0. The van der Waals surface area contributed by atoms with Crippen molar-refractivity contribution in [2.45, 2.75) is 0 Å². The number of halogens is 2. The van der Waals surface area contributed by atoms with E-state index >= 15 is 0 Å². The second kappa shape index (κ2) is 6.99. The average molecular weight is 310 g/mol. The summed E-state index contributed by atoms with van der Waals surface area (Å²) in [6.45, 7) is 0.559. The summed E-state index contributed by atoms with van der Waals surface area (Å²) >= 11 is 5.69. The first-order chi connectivity index (χ1) is 10.1. The molecule has 0 aliphatic heterocycles. The first kappa shape index (κ1) is 15.2. The van der Waals surface area contributed by atoms with Gasteiger partial charge in [-0.25, -0.2) is 9.37 Å². The Hall–Kier alpha value is -2.21. The number of ether oxygens (including phenoxy) is 1. The van der Waals surface area contributed by atoms with Gasteiger partial charge in [0.1, 0.15) is 29.0 Å². The minimum atomic E-state index is -0.369. The van der Waals surface area contributed by atoms with Crippen molar-refractivity contribution in [3.63, 3.8) is 0 Å². The van der Waals surface area contributed by atoms with E-state index in [1.54, 1.807) is 19.2 Å². The topological polar surface area (TPSA) is 55.3 Å². The number of amides is 1. The van der Waals surface area contributed by atoms with Crippen molar-refractivity contribution in [3.8, 4) is 5.75 Å². The standard InChI is InChI=1S/C14H13ClFN3O2/c1-19(14(20)12-8-17-9-13(15)18-12)5-6-21-11-4-2-3-10(16)7-11/h2-4,7-9H,5-6H2,1H3. The number of carbonyl (C=O) groups excluding carboxylic acids is 1. The molecule has 1 aromatic heterocycles. The third kappa shape index (κ3) is 4.39. The van der Waals surface area contributed by atoms with Crippen LogP contribution in [0.3, 0.4) is 0 Å². The van der Waals surface area contributed by atoms with Crippen LogP contribution in [0.1, 0.15) is 10.5 Å². The van der Waals surface area contributed by atoms with Gasteiger partial charge in [0.25, 0.3) is 5.91 Å². The molecule has 7 heteroatoms. The van der Waals surface area contributed by atoms with E-state index in [1.165, 1.54) is 29.4 Å². The van der Waals surface area contributed by atoms with Crippen molar-refractivity contribution < 1.29 is 13.9 Å². The van der Waals surface area contributed by atoms with Crippen molar-refractivity contribution in [1.82, 2.24) is 14.9 Å². The number of aromatic nitrogens is 2. The molecule has 0 aliphatic carbocycles. The highest BCUT2D eigenvalue weighted by atomic mass is 35.5. The second-order valence-electron chi connectivity index (χ2n) is 4.26. The first-order valence-corrected chi connectivity index (χ1v) is 6.55. The predicted molar refractivity (Wildman–Crippen MR) is 75.9 cm³/mol. The maximum absolute atomic E-state index is 13.0. The lowest BCUT2D eigenvalue weighted by molar-refractivity contribution is 0.0767. The van der Waals surface area contributed by atoms with Gasteiger partial charge >= 0.3 is 0 Å². The van der Waals surface area contributed by atoms with Crippen LogP contribution in [0.2, 0.25) is 5.15 Å². The summed E-state index contributed by atoms with van der Waals surface area (Å²) in [7, 11) is 1.61. The maximum atomic E-state index is 13.0. The summed E-state index contributed by atoms with van der Waals surface area (Å²) in [4.78, 5) is 21.2. The molecule has 110 valence electrons. The molecule has 0 radical (unpaired) electrons. The molecular formula is C14H13ClFN3O2. The highest BCUT2D eigenvalue weighted by Crippen LogP contribution is 2.12. The van der Waals surface area contributed by atoms with Gasteiger partial charge in [0.15, 0.2) is 0 Å². The van der Waals surface area contributed by atoms with Crippen LogP contribution in [0.15, 0.2) is 36.7 Å². The van der Waals surface area contributed by atoms with Crippen molar-refractivity contribution in [1.29, 1.82) is 0 Å². The molecule has 0 saturated heterocycles. The van der Waals surface area contributed by atoms with E-state index in [1.807, 2.05) is 0 Å². The molecule has 0 N–H and O–H groups in total. The van der Waals surface area contributed by atoms with Gasteiger partial charge in [0, 0.05) is 13.1 Å². The van der Waals surface area contributed by atoms with E-state index in [2.05, 4.69) is 9.97 Å². The summed E-state index contributed by atoms with van der Waals surface area (Å²) < 4.78 is 18.3. The summed E-state index contributed by atoms with van der Waals surface area (Å²) in [5.41, 5.74) is 0.163.